The van der Waals surface area contributed by atoms with Gasteiger partial charge in [-0.25, -0.2) is 0 Å². The highest BCUT2D eigenvalue weighted by Gasteiger charge is 2.26. The molecule has 0 spiro atoms. The van der Waals surface area contributed by atoms with E-state index in [2.05, 4.69) is 79.7 Å². The van der Waals surface area contributed by atoms with E-state index < -0.39 is 0 Å². The molecule has 0 saturated heterocycles. The average Bonchev–Trinajstić information content (AvgIpc) is 2.56. The van der Waals surface area contributed by atoms with Gasteiger partial charge < -0.3 is 0 Å². The fraction of sp³-hybridized carbons (Fsp3) is 0.538. The van der Waals surface area contributed by atoms with Crippen molar-refractivity contribution in [3.63, 3.8) is 0 Å². The van der Waals surface area contributed by atoms with Crippen molar-refractivity contribution >= 4 is 0 Å². The molecule has 1 aliphatic carbocycles. The molecule has 0 heterocycles. The standard InChI is InChI=1S/C26H36/c1-15(2)21-11-9-19-13-20-10-12-22(16(3)4)26(18(7)8)24(20)14-23(19)25(21)17(5)6/h9-12,15-18H,13-14H2,1-8H3. The van der Waals surface area contributed by atoms with E-state index in [1.807, 2.05) is 0 Å². The molecule has 0 bridgehead atoms. The van der Waals surface area contributed by atoms with Crippen LogP contribution in [0, 0.1) is 0 Å². The lowest BCUT2D eigenvalue weighted by molar-refractivity contribution is 0.750. The monoisotopic (exact) mass is 348 g/mol. The maximum atomic E-state index is 2.41. The van der Waals surface area contributed by atoms with Crippen LogP contribution >= 0.6 is 0 Å². The van der Waals surface area contributed by atoms with Crippen LogP contribution in [-0.2, 0) is 12.8 Å². The first kappa shape index (κ1) is 19.2. The number of rotatable bonds is 4. The van der Waals surface area contributed by atoms with Crippen LogP contribution in [0.4, 0.5) is 0 Å². The highest BCUT2D eigenvalue weighted by Crippen LogP contribution is 2.41. The quantitative estimate of drug-likeness (QED) is 0.453. The van der Waals surface area contributed by atoms with Gasteiger partial charge in [0, 0.05) is 0 Å². The summed E-state index contributed by atoms with van der Waals surface area (Å²) >= 11 is 0. The Labute approximate surface area is 161 Å². The van der Waals surface area contributed by atoms with Crippen molar-refractivity contribution in [2.24, 2.45) is 0 Å². The summed E-state index contributed by atoms with van der Waals surface area (Å²) < 4.78 is 0. The summed E-state index contributed by atoms with van der Waals surface area (Å²) in [5, 5.41) is 0. The van der Waals surface area contributed by atoms with Crippen molar-refractivity contribution in [2.75, 3.05) is 0 Å². The zero-order chi connectivity index (χ0) is 19.2. The molecule has 0 fully saturated rings. The lowest BCUT2D eigenvalue weighted by Crippen LogP contribution is -2.17. The van der Waals surface area contributed by atoms with Gasteiger partial charge in [0.1, 0.15) is 0 Å². The predicted octanol–water partition coefficient (Wildman–Crippen LogP) is 7.68. The van der Waals surface area contributed by atoms with E-state index >= 15 is 0 Å². The van der Waals surface area contributed by atoms with E-state index in [1.165, 1.54) is 0 Å². The molecule has 0 radical (unpaired) electrons. The molecule has 2 aromatic rings. The highest BCUT2D eigenvalue weighted by atomic mass is 14.3. The first-order valence-electron chi connectivity index (χ1n) is 10.5. The molecule has 0 unspecified atom stereocenters. The van der Waals surface area contributed by atoms with Gasteiger partial charge in [-0.15, -0.1) is 0 Å². The second-order valence-electron chi connectivity index (χ2n) is 9.38. The number of fused-ring (bicyclic) bond motifs is 2. The second kappa shape index (κ2) is 7.22. The van der Waals surface area contributed by atoms with Gasteiger partial charge in [0.2, 0.25) is 0 Å². The molecule has 0 aromatic heterocycles. The Morgan fingerprint density at radius 2 is 0.885 bits per heavy atom. The Bertz CT molecular complexity index is 736. The highest BCUT2D eigenvalue weighted by molar-refractivity contribution is 5.56. The van der Waals surface area contributed by atoms with Gasteiger partial charge >= 0.3 is 0 Å². The summed E-state index contributed by atoms with van der Waals surface area (Å²) in [5.41, 5.74) is 12.7. The van der Waals surface area contributed by atoms with Crippen molar-refractivity contribution in [3.8, 4) is 0 Å². The predicted molar refractivity (Wildman–Crippen MR) is 115 cm³/mol. The second-order valence-corrected chi connectivity index (χ2v) is 9.38. The Balaban J connectivity index is 2.22. The zero-order valence-corrected chi connectivity index (χ0v) is 18.0. The molecule has 0 amide bonds. The Kier molecular flexibility index (Phi) is 5.33. The van der Waals surface area contributed by atoms with Crippen molar-refractivity contribution < 1.29 is 0 Å². The van der Waals surface area contributed by atoms with E-state index in [-0.39, 0.29) is 0 Å². The minimum Gasteiger partial charge on any atom is -0.0587 e. The van der Waals surface area contributed by atoms with E-state index in [0.717, 1.165) is 12.8 Å². The van der Waals surface area contributed by atoms with Gasteiger partial charge in [-0.05, 0) is 81.0 Å². The maximum Gasteiger partial charge on any atom is -0.00142 e. The van der Waals surface area contributed by atoms with E-state index in [9.17, 15) is 0 Å². The molecule has 26 heavy (non-hydrogen) atoms. The summed E-state index contributed by atoms with van der Waals surface area (Å²) in [6, 6.07) is 9.61. The third-order valence-corrected chi connectivity index (χ3v) is 6.11. The third-order valence-electron chi connectivity index (χ3n) is 6.11. The number of hydrogen-bond donors (Lipinski definition) is 0. The lowest BCUT2D eigenvalue weighted by Gasteiger charge is -2.31. The van der Waals surface area contributed by atoms with Crippen LogP contribution < -0.4 is 0 Å². The summed E-state index contributed by atoms with van der Waals surface area (Å²) in [4.78, 5) is 0. The molecule has 0 aliphatic heterocycles. The molecule has 0 nitrogen and oxygen atoms in total. The van der Waals surface area contributed by atoms with Crippen molar-refractivity contribution in [1.82, 2.24) is 0 Å². The van der Waals surface area contributed by atoms with Gasteiger partial charge in [-0.2, -0.15) is 0 Å². The van der Waals surface area contributed by atoms with Crippen LogP contribution in [-0.4, -0.2) is 0 Å². The molecule has 2 aromatic carbocycles. The molecule has 0 atom stereocenters. The first-order chi connectivity index (χ1) is 12.2. The van der Waals surface area contributed by atoms with Crippen LogP contribution in [0.5, 0.6) is 0 Å². The lowest BCUT2D eigenvalue weighted by atomic mass is 9.74. The Morgan fingerprint density at radius 3 is 1.19 bits per heavy atom. The van der Waals surface area contributed by atoms with E-state index in [4.69, 9.17) is 0 Å². The van der Waals surface area contributed by atoms with Crippen molar-refractivity contribution in [1.29, 1.82) is 0 Å². The van der Waals surface area contributed by atoms with Gasteiger partial charge in [0.15, 0.2) is 0 Å². The molecule has 0 N–H and O–H groups in total. The Morgan fingerprint density at radius 1 is 0.500 bits per heavy atom. The average molecular weight is 349 g/mol. The Hall–Kier alpha value is -1.56. The van der Waals surface area contributed by atoms with Gasteiger partial charge in [-0.3, -0.25) is 0 Å². The summed E-state index contributed by atoms with van der Waals surface area (Å²) in [6.45, 7) is 18.8. The molecule has 1 aliphatic rings. The summed E-state index contributed by atoms with van der Waals surface area (Å²) in [7, 11) is 0. The largest absolute Gasteiger partial charge is 0.0587 e. The maximum absolute atomic E-state index is 2.41. The zero-order valence-electron chi connectivity index (χ0n) is 18.0. The molecule has 0 saturated carbocycles. The molecule has 0 heteroatoms. The SMILES string of the molecule is CC(C)c1ccc2c(c1C(C)C)Cc1c(ccc(C(C)C)c1C(C)C)C2. The topological polar surface area (TPSA) is 0 Å². The van der Waals surface area contributed by atoms with Crippen LogP contribution in [0.2, 0.25) is 0 Å². The minimum absolute atomic E-state index is 0.583. The first-order valence-corrected chi connectivity index (χ1v) is 10.5. The summed E-state index contributed by atoms with van der Waals surface area (Å²) in [6.07, 6.45) is 2.22. The molecule has 140 valence electrons. The van der Waals surface area contributed by atoms with Crippen LogP contribution in [0.1, 0.15) is 124 Å². The minimum atomic E-state index is 0.583. The normalized spacial score (nSPS) is 13.7. The summed E-state index contributed by atoms with van der Waals surface area (Å²) in [5.74, 6) is 2.34. The van der Waals surface area contributed by atoms with Crippen molar-refractivity contribution in [3.05, 3.63) is 68.8 Å². The third kappa shape index (κ3) is 3.24. The molecular formula is C26H36. The van der Waals surface area contributed by atoms with Crippen LogP contribution in [0.25, 0.3) is 0 Å². The molecule has 3 rings (SSSR count). The fourth-order valence-electron chi connectivity index (χ4n) is 4.96. The molecular weight excluding hydrogens is 312 g/mol. The number of benzene rings is 2. The number of hydrogen-bond acceptors (Lipinski definition) is 0. The fourth-order valence-corrected chi connectivity index (χ4v) is 4.96. The van der Waals surface area contributed by atoms with Gasteiger partial charge in [-0.1, -0.05) is 79.7 Å². The van der Waals surface area contributed by atoms with Crippen molar-refractivity contribution in [2.45, 2.75) is 91.9 Å². The van der Waals surface area contributed by atoms with E-state index in [0.29, 0.717) is 23.7 Å². The van der Waals surface area contributed by atoms with Gasteiger partial charge in [0.25, 0.3) is 0 Å². The van der Waals surface area contributed by atoms with E-state index in [1.54, 1.807) is 44.5 Å². The van der Waals surface area contributed by atoms with Crippen LogP contribution in [0.3, 0.4) is 0 Å². The van der Waals surface area contributed by atoms with Gasteiger partial charge in [0.05, 0.1) is 0 Å². The smallest absolute Gasteiger partial charge is 0.00142 e. The van der Waals surface area contributed by atoms with Crippen LogP contribution in [0.15, 0.2) is 24.3 Å².